The van der Waals surface area contributed by atoms with Crippen molar-refractivity contribution in [3.63, 3.8) is 0 Å². The Morgan fingerprint density at radius 1 is 1.38 bits per heavy atom. The highest BCUT2D eigenvalue weighted by molar-refractivity contribution is 14.0. The lowest BCUT2D eigenvalue weighted by Gasteiger charge is -2.34. The number of nitrogens with zero attached hydrogens (tertiary/aromatic N) is 2. The number of hydrogen-bond donors (Lipinski definition) is 2. The van der Waals surface area contributed by atoms with E-state index in [2.05, 4.69) is 48.7 Å². The molecule has 2 N–H and O–H groups in total. The minimum absolute atomic E-state index is 0. The average Bonchev–Trinajstić information content (AvgIpc) is 3.11. The first-order chi connectivity index (χ1) is 12.1. The summed E-state index contributed by atoms with van der Waals surface area (Å²) >= 11 is 2.03. The Hall–Kier alpha value is -0.670. The molecule has 26 heavy (non-hydrogen) atoms. The first kappa shape index (κ1) is 21.6. The molecule has 0 aromatic heterocycles. The summed E-state index contributed by atoms with van der Waals surface area (Å²) in [5.41, 5.74) is 1.40. The number of aliphatic imine (C=N–C) groups is 1. The number of benzene rings is 1. The second kappa shape index (κ2) is 10.0. The summed E-state index contributed by atoms with van der Waals surface area (Å²) in [6, 6.07) is 8.53. The Kier molecular flexibility index (Phi) is 8.35. The zero-order valence-corrected chi connectivity index (χ0v) is 19.1. The number of fused-ring (bicyclic) bond motifs is 1. The van der Waals surface area contributed by atoms with Gasteiger partial charge < -0.3 is 20.3 Å². The van der Waals surface area contributed by atoms with Gasteiger partial charge in [0, 0.05) is 29.8 Å². The molecule has 0 aliphatic carbocycles. The third-order valence-corrected chi connectivity index (χ3v) is 6.41. The van der Waals surface area contributed by atoms with Gasteiger partial charge in [0.25, 0.3) is 0 Å². The van der Waals surface area contributed by atoms with Crippen molar-refractivity contribution < 1.29 is 4.74 Å². The van der Waals surface area contributed by atoms with Gasteiger partial charge in [-0.05, 0) is 39.3 Å². The van der Waals surface area contributed by atoms with Gasteiger partial charge >= 0.3 is 0 Å². The van der Waals surface area contributed by atoms with Gasteiger partial charge in [-0.15, -0.1) is 24.0 Å². The van der Waals surface area contributed by atoms with E-state index in [-0.39, 0.29) is 35.6 Å². The number of hydrogen-bond acceptors (Lipinski definition) is 4. The molecule has 2 unspecified atom stereocenters. The molecule has 7 heteroatoms. The fourth-order valence-corrected chi connectivity index (χ4v) is 4.96. The number of rotatable bonds is 5. The molecular weight excluding hydrogens is 459 g/mol. The number of para-hydroxylation sites is 1. The van der Waals surface area contributed by atoms with Crippen molar-refractivity contribution in [3.05, 3.63) is 29.8 Å². The second-order valence-corrected chi connectivity index (χ2v) is 8.09. The smallest absolute Gasteiger partial charge is 0.191 e. The van der Waals surface area contributed by atoms with E-state index >= 15 is 0 Å². The van der Waals surface area contributed by atoms with E-state index in [1.54, 1.807) is 0 Å². The number of likely N-dealkylation sites (N-methyl/N-ethyl adjacent to an activating group) is 1. The van der Waals surface area contributed by atoms with Crippen LogP contribution in [0.3, 0.4) is 0 Å². The normalized spacial score (nSPS) is 25.2. The van der Waals surface area contributed by atoms with Crippen LogP contribution in [-0.2, 0) is 0 Å². The number of halogens is 1. The fraction of sp³-hybridized carbons (Fsp3) is 0.632. The Bertz CT molecular complexity index is 605. The summed E-state index contributed by atoms with van der Waals surface area (Å²) in [5.74, 6) is 4.27. The van der Waals surface area contributed by atoms with E-state index in [4.69, 9.17) is 9.73 Å². The quantitative estimate of drug-likeness (QED) is 0.378. The van der Waals surface area contributed by atoms with Crippen LogP contribution in [-0.4, -0.2) is 61.7 Å². The van der Waals surface area contributed by atoms with Crippen LogP contribution in [0.25, 0.3) is 0 Å². The van der Waals surface area contributed by atoms with E-state index in [1.807, 2.05) is 23.9 Å². The lowest BCUT2D eigenvalue weighted by Crippen LogP contribution is -2.49. The van der Waals surface area contributed by atoms with Gasteiger partial charge in [0.2, 0.25) is 0 Å². The molecule has 5 nitrogen and oxygen atoms in total. The van der Waals surface area contributed by atoms with Crippen LogP contribution >= 0.6 is 35.7 Å². The Labute approximate surface area is 178 Å². The minimum atomic E-state index is 0. The summed E-state index contributed by atoms with van der Waals surface area (Å²) in [6.07, 6.45) is 2.16. The maximum atomic E-state index is 5.77. The number of nitrogens with one attached hydrogen (secondary N) is 2. The maximum Gasteiger partial charge on any atom is 0.191 e. The van der Waals surface area contributed by atoms with Crippen molar-refractivity contribution in [3.8, 4) is 5.75 Å². The molecule has 146 valence electrons. The van der Waals surface area contributed by atoms with Crippen LogP contribution < -0.4 is 15.4 Å². The topological polar surface area (TPSA) is 48.9 Å². The number of guanidine groups is 1. The monoisotopic (exact) mass is 490 g/mol. The van der Waals surface area contributed by atoms with E-state index in [9.17, 15) is 0 Å². The Morgan fingerprint density at radius 3 is 2.88 bits per heavy atom. The fourth-order valence-electron chi connectivity index (χ4n) is 3.42. The van der Waals surface area contributed by atoms with Gasteiger partial charge in [-0.25, -0.2) is 0 Å². The van der Waals surface area contributed by atoms with Gasteiger partial charge in [-0.1, -0.05) is 18.2 Å². The lowest BCUT2D eigenvalue weighted by molar-refractivity contribution is 0.190. The van der Waals surface area contributed by atoms with E-state index in [0.29, 0.717) is 0 Å². The molecule has 1 saturated heterocycles. The van der Waals surface area contributed by atoms with E-state index < -0.39 is 0 Å². The van der Waals surface area contributed by atoms with Crippen LogP contribution in [0.1, 0.15) is 31.4 Å². The molecule has 1 fully saturated rings. The van der Waals surface area contributed by atoms with Crippen LogP contribution in [0.4, 0.5) is 0 Å². The van der Waals surface area contributed by atoms with Crippen LogP contribution in [0, 0.1) is 0 Å². The molecule has 3 rings (SSSR count). The summed E-state index contributed by atoms with van der Waals surface area (Å²) < 4.78 is 5.77. The van der Waals surface area contributed by atoms with Gasteiger partial charge in [0.05, 0.1) is 19.2 Å². The lowest BCUT2D eigenvalue weighted by atomic mass is 9.98. The molecule has 0 saturated carbocycles. The van der Waals surface area contributed by atoms with Crippen molar-refractivity contribution >= 4 is 41.7 Å². The summed E-state index contributed by atoms with van der Waals surface area (Å²) in [7, 11) is 4.35. The highest BCUT2D eigenvalue weighted by atomic mass is 127. The van der Waals surface area contributed by atoms with Crippen molar-refractivity contribution in [2.75, 3.05) is 45.3 Å². The molecule has 2 atom stereocenters. The summed E-state index contributed by atoms with van der Waals surface area (Å²) in [5, 5.41) is 7.04. The molecule has 2 aliphatic rings. The van der Waals surface area contributed by atoms with Crippen LogP contribution in [0.2, 0.25) is 0 Å². The first-order valence-electron chi connectivity index (χ1n) is 9.16. The van der Waals surface area contributed by atoms with Crippen molar-refractivity contribution in [1.29, 1.82) is 0 Å². The van der Waals surface area contributed by atoms with E-state index in [0.717, 1.165) is 43.6 Å². The largest absolute Gasteiger partial charge is 0.493 e. The standard InChI is InChI=1S/C19H30N4OS.HI/c1-4-20-18(21-13-19(23(2)3)10-12-25-14-19)22-16-9-11-24-17-8-6-5-7-15(16)17;/h5-8,16H,4,9-14H2,1-3H3,(H2,20,21,22);1H. The van der Waals surface area contributed by atoms with Crippen molar-refractivity contribution in [1.82, 2.24) is 15.5 Å². The molecule has 0 radical (unpaired) electrons. The summed E-state index contributed by atoms with van der Waals surface area (Å²) in [4.78, 5) is 7.31. The van der Waals surface area contributed by atoms with Gasteiger partial charge in [-0.2, -0.15) is 11.8 Å². The Morgan fingerprint density at radius 2 is 2.19 bits per heavy atom. The molecule has 0 bridgehead atoms. The van der Waals surface area contributed by atoms with Crippen LogP contribution in [0.15, 0.2) is 29.3 Å². The third-order valence-electron chi connectivity index (χ3n) is 5.18. The van der Waals surface area contributed by atoms with Crippen molar-refractivity contribution in [2.24, 2.45) is 4.99 Å². The molecule has 0 amide bonds. The zero-order chi connectivity index (χ0) is 17.7. The third kappa shape index (κ3) is 4.98. The average molecular weight is 490 g/mol. The summed E-state index contributed by atoms with van der Waals surface area (Å²) in [6.45, 7) is 4.54. The van der Waals surface area contributed by atoms with Gasteiger partial charge in [0.1, 0.15) is 5.75 Å². The predicted molar refractivity (Wildman–Crippen MR) is 122 cm³/mol. The van der Waals surface area contributed by atoms with Gasteiger partial charge in [0.15, 0.2) is 5.96 Å². The highest BCUT2D eigenvalue weighted by Gasteiger charge is 2.36. The minimum Gasteiger partial charge on any atom is -0.493 e. The predicted octanol–water partition coefficient (Wildman–Crippen LogP) is 3.12. The SMILES string of the molecule is CCNC(=NCC1(N(C)C)CCSC1)NC1CCOc2ccccc21.I. The Balaban J connectivity index is 0.00000243. The first-order valence-corrected chi connectivity index (χ1v) is 10.3. The number of thioether (sulfide) groups is 1. The van der Waals surface area contributed by atoms with Gasteiger partial charge in [-0.3, -0.25) is 4.99 Å². The van der Waals surface area contributed by atoms with Crippen molar-refractivity contribution in [2.45, 2.75) is 31.3 Å². The maximum absolute atomic E-state index is 5.77. The zero-order valence-electron chi connectivity index (χ0n) is 16.0. The second-order valence-electron chi connectivity index (χ2n) is 6.99. The molecule has 1 aromatic carbocycles. The molecular formula is C19H31IN4OS. The molecule has 2 aliphatic heterocycles. The molecule has 2 heterocycles. The van der Waals surface area contributed by atoms with E-state index in [1.165, 1.54) is 17.7 Å². The molecule has 0 spiro atoms. The highest BCUT2D eigenvalue weighted by Crippen LogP contribution is 2.33. The molecule has 1 aromatic rings. The number of ether oxygens (including phenoxy) is 1. The van der Waals surface area contributed by atoms with Crippen LogP contribution in [0.5, 0.6) is 5.75 Å².